The second kappa shape index (κ2) is 7.58. The molecule has 0 aliphatic heterocycles. The van der Waals surface area contributed by atoms with Crippen LogP contribution in [0.5, 0.6) is 0 Å². The van der Waals surface area contributed by atoms with Crippen LogP contribution >= 0.6 is 0 Å². The number of aryl methyl sites for hydroxylation is 2. The number of benzene rings is 1. The Kier molecular flexibility index (Phi) is 5.22. The van der Waals surface area contributed by atoms with Gasteiger partial charge in [-0.3, -0.25) is 4.98 Å². The van der Waals surface area contributed by atoms with E-state index in [1.54, 1.807) is 32.3 Å². The lowest BCUT2D eigenvalue weighted by atomic mass is 10.3. The molecule has 2 aromatic heterocycles. The average molecular weight is 386 g/mol. The number of aromatic nitrogens is 2. The summed E-state index contributed by atoms with van der Waals surface area (Å²) in [5.41, 5.74) is 1.65. The number of pyridine rings is 1. The zero-order valence-corrected chi connectivity index (χ0v) is 15.6. The second-order valence-electron chi connectivity index (χ2n) is 5.85. The van der Waals surface area contributed by atoms with Gasteiger partial charge in [0, 0.05) is 24.6 Å². The van der Waals surface area contributed by atoms with Crippen LogP contribution in [0.15, 0.2) is 63.1 Å². The fourth-order valence-electron chi connectivity index (χ4n) is 2.55. The van der Waals surface area contributed by atoms with Crippen molar-refractivity contribution in [3.63, 3.8) is 0 Å². The van der Waals surface area contributed by atoms with E-state index in [0.717, 1.165) is 5.56 Å². The number of hydrogen-bond acceptors (Lipinski definition) is 6. The van der Waals surface area contributed by atoms with E-state index in [0.29, 0.717) is 17.9 Å². The number of hydrogen-bond donors (Lipinski definition) is 2. The molecule has 0 radical (unpaired) electrons. The molecule has 0 saturated heterocycles. The van der Waals surface area contributed by atoms with Crippen molar-refractivity contribution in [1.82, 2.24) is 15.5 Å². The summed E-state index contributed by atoms with van der Waals surface area (Å²) in [6, 6.07) is 9.13. The molecular formula is C18H18N4O4S. The molecule has 0 aliphatic carbocycles. The van der Waals surface area contributed by atoms with Crippen molar-refractivity contribution in [1.29, 1.82) is 0 Å². The molecule has 0 bridgehead atoms. The topological polar surface area (TPSA) is 114 Å². The van der Waals surface area contributed by atoms with Gasteiger partial charge in [0.05, 0.1) is 10.6 Å². The highest BCUT2D eigenvalue weighted by atomic mass is 32.2. The van der Waals surface area contributed by atoms with Crippen molar-refractivity contribution in [3.8, 4) is 0 Å². The highest BCUT2D eigenvalue weighted by Crippen LogP contribution is 2.27. The van der Waals surface area contributed by atoms with Crippen LogP contribution in [0.2, 0.25) is 0 Å². The Balaban J connectivity index is 1.67. The number of nitrogens with zero attached hydrogens (tertiary/aromatic N) is 2. The molecule has 1 aromatic carbocycles. The molecule has 27 heavy (non-hydrogen) atoms. The van der Waals surface area contributed by atoms with Crippen LogP contribution in [0.4, 0.5) is 10.5 Å². The minimum Gasteiger partial charge on any atom is -0.360 e. The first-order valence-corrected chi connectivity index (χ1v) is 9.58. The van der Waals surface area contributed by atoms with E-state index in [4.69, 9.17) is 4.52 Å². The van der Waals surface area contributed by atoms with E-state index in [1.165, 1.54) is 24.3 Å². The van der Waals surface area contributed by atoms with Gasteiger partial charge in [0.25, 0.3) is 0 Å². The number of amides is 2. The van der Waals surface area contributed by atoms with Gasteiger partial charge in [0.15, 0.2) is 5.76 Å². The molecule has 3 aromatic rings. The van der Waals surface area contributed by atoms with Crippen LogP contribution in [0.3, 0.4) is 0 Å². The molecule has 3 rings (SSSR count). The van der Waals surface area contributed by atoms with Gasteiger partial charge >= 0.3 is 6.03 Å². The van der Waals surface area contributed by atoms with Crippen molar-refractivity contribution in [2.24, 2.45) is 0 Å². The van der Waals surface area contributed by atoms with Crippen LogP contribution in [0.25, 0.3) is 0 Å². The molecule has 0 atom stereocenters. The number of anilines is 1. The van der Waals surface area contributed by atoms with E-state index < -0.39 is 15.9 Å². The van der Waals surface area contributed by atoms with Gasteiger partial charge in [-0.15, -0.1) is 0 Å². The third-order valence-corrected chi connectivity index (χ3v) is 5.85. The van der Waals surface area contributed by atoms with Gasteiger partial charge in [0.1, 0.15) is 4.90 Å². The number of rotatable bonds is 5. The standard InChI is InChI=1S/C18H18N4O4S/c1-12-17(13(2)26-22-12)27(24,25)16-7-5-15(6-8-16)21-18(23)20-11-14-4-3-9-19-10-14/h3-10H,11H2,1-2H3,(H2,20,21,23). The summed E-state index contributed by atoms with van der Waals surface area (Å²) in [5.74, 6) is 0.240. The number of nitrogens with one attached hydrogen (secondary N) is 2. The molecule has 0 aliphatic rings. The average Bonchev–Trinajstić information content (AvgIpc) is 3.00. The van der Waals surface area contributed by atoms with Gasteiger partial charge < -0.3 is 15.2 Å². The normalized spacial score (nSPS) is 11.2. The van der Waals surface area contributed by atoms with Crippen LogP contribution in [0, 0.1) is 13.8 Å². The fraction of sp³-hybridized carbons (Fsp3) is 0.167. The van der Waals surface area contributed by atoms with Crippen LogP contribution < -0.4 is 10.6 Å². The Morgan fingerprint density at radius 1 is 1.15 bits per heavy atom. The summed E-state index contributed by atoms with van der Waals surface area (Å²) < 4.78 is 30.4. The maximum Gasteiger partial charge on any atom is 0.319 e. The summed E-state index contributed by atoms with van der Waals surface area (Å²) in [6.07, 6.45) is 3.32. The van der Waals surface area contributed by atoms with Crippen LogP contribution in [-0.4, -0.2) is 24.6 Å². The molecular weight excluding hydrogens is 368 g/mol. The molecule has 0 saturated carbocycles. The Bertz CT molecular complexity index is 1030. The van der Waals surface area contributed by atoms with Crippen LogP contribution in [0.1, 0.15) is 17.0 Å². The van der Waals surface area contributed by atoms with Gasteiger partial charge in [-0.2, -0.15) is 0 Å². The third-order valence-electron chi connectivity index (χ3n) is 3.83. The SMILES string of the molecule is Cc1noc(C)c1S(=O)(=O)c1ccc(NC(=O)NCc2cccnc2)cc1. The van der Waals surface area contributed by atoms with Crippen molar-refractivity contribution in [2.45, 2.75) is 30.2 Å². The van der Waals surface area contributed by atoms with E-state index in [2.05, 4.69) is 20.8 Å². The minimum atomic E-state index is -3.74. The first-order chi connectivity index (χ1) is 12.9. The predicted molar refractivity (Wildman–Crippen MR) is 98.0 cm³/mol. The molecule has 140 valence electrons. The number of sulfone groups is 1. The van der Waals surface area contributed by atoms with Gasteiger partial charge in [-0.05, 0) is 49.7 Å². The van der Waals surface area contributed by atoms with Gasteiger partial charge in [-0.1, -0.05) is 11.2 Å². The first-order valence-electron chi connectivity index (χ1n) is 8.09. The van der Waals surface area contributed by atoms with E-state index in [1.807, 2.05) is 6.07 Å². The first kappa shape index (κ1) is 18.6. The zero-order valence-electron chi connectivity index (χ0n) is 14.8. The Labute approximate surface area is 156 Å². The summed E-state index contributed by atoms with van der Waals surface area (Å²) in [7, 11) is -3.74. The molecule has 0 fully saturated rings. The number of carbonyl (C=O) groups excluding carboxylic acids is 1. The lowest BCUT2D eigenvalue weighted by molar-refractivity contribution is 0.251. The molecule has 2 amide bonds. The van der Waals surface area contributed by atoms with Gasteiger partial charge in [-0.25, -0.2) is 13.2 Å². The molecule has 2 heterocycles. The van der Waals surface area contributed by atoms with Crippen molar-refractivity contribution in [3.05, 3.63) is 65.8 Å². The summed E-state index contributed by atoms with van der Waals surface area (Å²) in [4.78, 5) is 16.1. The Morgan fingerprint density at radius 2 is 1.89 bits per heavy atom. The van der Waals surface area contributed by atoms with Crippen molar-refractivity contribution in [2.75, 3.05) is 5.32 Å². The largest absolute Gasteiger partial charge is 0.360 e. The lowest BCUT2D eigenvalue weighted by Crippen LogP contribution is -2.28. The van der Waals surface area contributed by atoms with Crippen molar-refractivity contribution >= 4 is 21.6 Å². The van der Waals surface area contributed by atoms with E-state index >= 15 is 0 Å². The Morgan fingerprint density at radius 3 is 2.48 bits per heavy atom. The minimum absolute atomic E-state index is 0.0671. The smallest absolute Gasteiger partial charge is 0.319 e. The highest BCUT2D eigenvalue weighted by molar-refractivity contribution is 7.91. The van der Waals surface area contributed by atoms with Gasteiger partial charge in [0.2, 0.25) is 9.84 Å². The summed E-state index contributed by atoms with van der Waals surface area (Å²) in [5, 5.41) is 9.04. The summed E-state index contributed by atoms with van der Waals surface area (Å²) >= 11 is 0. The maximum absolute atomic E-state index is 12.7. The lowest BCUT2D eigenvalue weighted by Gasteiger charge is -2.09. The van der Waals surface area contributed by atoms with Crippen molar-refractivity contribution < 1.29 is 17.7 Å². The highest BCUT2D eigenvalue weighted by Gasteiger charge is 2.26. The zero-order chi connectivity index (χ0) is 19.4. The number of urea groups is 1. The Hall–Kier alpha value is -3.20. The second-order valence-corrected chi connectivity index (χ2v) is 7.74. The molecule has 9 heteroatoms. The predicted octanol–water partition coefficient (Wildman–Crippen LogP) is 2.84. The molecule has 0 unspecified atom stereocenters. The molecule has 0 spiro atoms. The molecule has 8 nitrogen and oxygen atoms in total. The monoisotopic (exact) mass is 386 g/mol. The third kappa shape index (κ3) is 4.14. The molecule has 2 N–H and O–H groups in total. The quantitative estimate of drug-likeness (QED) is 0.697. The van der Waals surface area contributed by atoms with E-state index in [9.17, 15) is 13.2 Å². The van der Waals surface area contributed by atoms with Crippen LogP contribution in [-0.2, 0) is 16.4 Å². The fourth-order valence-corrected chi connectivity index (χ4v) is 4.13. The number of carbonyl (C=O) groups is 1. The summed E-state index contributed by atoms with van der Waals surface area (Å²) in [6.45, 7) is 3.46. The maximum atomic E-state index is 12.7. The van der Waals surface area contributed by atoms with E-state index in [-0.39, 0.29) is 15.6 Å².